The average Bonchev–Trinajstić information content (AvgIpc) is 3.50. The van der Waals surface area contributed by atoms with Crippen molar-refractivity contribution in [1.82, 2.24) is 35.3 Å². The Morgan fingerprint density at radius 1 is 0.821 bits per heavy atom. The summed E-state index contributed by atoms with van der Waals surface area (Å²) in [6.45, 7) is 7.93. The quantitative estimate of drug-likeness (QED) is 0.104. The first-order valence-electron chi connectivity index (χ1n) is 12.7. The molecule has 11 heteroatoms. The van der Waals surface area contributed by atoms with Crippen LogP contribution in [0.5, 0.6) is 0 Å². The predicted octanol–water partition coefficient (Wildman–Crippen LogP) is 6.18. The fraction of sp³-hybridized carbons (Fsp3) is 0.214. The van der Waals surface area contributed by atoms with Crippen molar-refractivity contribution in [3.8, 4) is 22.8 Å². The minimum Gasteiger partial charge on any atom is -0.360 e. The number of H-pyrrole nitrogens is 2. The summed E-state index contributed by atoms with van der Waals surface area (Å²) >= 11 is 6.64. The van der Waals surface area contributed by atoms with Gasteiger partial charge in [-0.15, -0.1) is 0 Å². The van der Waals surface area contributed by atoms with E-state index in [0.717, 1.165) is 55.4 Å². The highest BCUT2D eigenvalue weighted by molar-refractivity contribution is 7.98. The van der Waals surface area contributed by atoms with E-state index in [4.69, 9.17) is 22.2 Å². The van der Waals surface area contributed by atoms with Crippen molar-refractivity contribution >= 4 is 63.1 Å². The van der Waals surface area contributed by atoms with Crippen molar-refractivity contribution < 1.29 is 4.79 Å². The van der Waals surface area contributed by atoms with Crippen LogP contribution < -0.4 is 20.7 Å². The van der Waals surface area contributed by atoms with Crippen molar-refractivity contribution in [3.63, 3.8) is 0 Å². The van der Waals surface area contributed by atoms with Crippen LogP contribution in [0.15, 0.2) is 65.6 Å². The lowest BCUT2D eigenvalue weighted by Gasteiger charge is -2.12. The summed E-state index contributed by atoms with van der Waals surface area (Å²) in [5.74, 6) is 1.49. The van der Waals surface area contributed by atoms with Gasteiger partial charge in [0.05, 0.1) is 22.1 Å². The summed E-state index contributed by atoms with van der Waals surface area (Å²) < 4.78 is 2.80. The van der Waals surface area contributed by atoms with Crippen LogP contribution in [0.25, 0.3) is 44.8 Å². The van der Waals surface area contributed by atoms with Gasteiger partial charge in [-0.1, -0.05) is 24.3 Å². The number of rotatable bonds is 7. The van der Waals surface area contributed by atoms with Crippen molar-refractivity contribution in [1.29, 1.82) is 0 Å². The minimum absolute atomic E-state index is 0.0685. The molecular weight excluding hydrogens is 528 g/mol. The number of aromatic nitrogens is 4. The molecule has 2 amide bonds. The average molecular weight is 559 g/mol. The van der Waals surface area contributed by atoms with Gasteiger partial charge in [-0.05, 0) is 88.3 Å². The minimum atomic E-state index is -0.224. The Morgan fingerprint density at radius 3 is 2.03 bits per heavy atom. The van der Waals surface area contributed by atoms with Crippen LogP contribution in [0.3, 0.4) is 0 Å². The van der Waals surface area contributed by atoms with Crippen molar-refractivity contribution in [2.75, 3.05) is 5.32 Å². The number of anilines is 1. The maximum absolute atomic E-state index is 11.9. The number of thiocarbonyl (C=S) groups is 1. The monoisotopic (exact) mass is 558 g/mol. The number of imidazole rings is 2. The first-order chi connectivity index (χ1) is 18.7. The Morgan fingerprint density at radius 2 is 1.41 bits per heavy atom. The topological polar surface area (TPSA) is 123 Å². The third-order valence-electron chi connectivity index (χ3n) is 5.73. The smallest absolute Gasteiger partial charge is 0.325 e. The van der Waals surface area contributed by atoms with Crippen molar-refractivity contribution in [2.45, 2.75) is 44.7 Å². The largest absolute Gasteiger partial charge is 0.360 e. The molecule has 0 spiro atoms. The lowest BCUT2D eigenvalue weighted by molar-refractivity contribution is 0.244. The molecule has 3 aromatic carbocycles. The van der Waals surface area contributed by atoms with E-state index in [9.17, 15) is 4.79 Å². The van der Waals surface area contributed by atoms with Crippen molar-refractivity contribution in [3.05, 3.63) is 60.7 Å². The molecule has 0 radical (unpaired) electrons. The van der Waals surface area contributed by atoms with E-state index in [0.29, 0.717) is 5.11 Å². The molecule has 0 unspecified atom stereocenters. The number of aromatic amines is 2. The molecule has 0 saturated carbocycles. The van der Waals surface area contributed by atoms with Gasteiger partial charge in [0, 0.05) is 33.8 Å². The molecule has 0 atom stereocenters. The third kappa shape index (κ3) is 6.32. The number of nitrogens with one attached hydrogen (secondary N) is 6. The molecule has 6 N–H and O–H groups in total. The Balaban J connectivity index is 1.40. The van der Waals surface area contributed by atoms with Gasteiger partial charge in [-0.2, -0.15) is 0 Å². The molecule has 0 aliphatic rings. The first kappa shape index (κ1) is 26.5. The molecule has 5 rings (SSSR count). The Bertz CT molecular complexity index is 1660. The highest BCUT2D eigenvalue weighted by Gasteiger charge is 2.15. The van der Waals surface area contributed by atoms with Gasteiger partial charge in [-0.25, -0.2) is 14.8 Å². The fourth-order valence-electron chi connectivity index (χ4n) is 4.12. The maximum atomic E-state index is 11.9. The summed E-state index contributed by atoms with van der Waals surface area (Å²) in [5, 5.41) is 9.81. The number of hydrogen-bond acceptors (Lipinski definition) is 5. The van der Waals surface area contributed by atoms with E-state index < -0.39 is 0 Å². The van der Waals surface area contributed by atoms with Crippen molar-refractivity contribution in [2.24, 2.45) is 0 Å². The molecule has 0 aliphatic carbocycles. The van der Waals surface area contributed by atoms with Gasteiger partial charge in [0.2, 0.25) is 0 Å². The normalized spacial score (nSPS) is 11.3. The van der Waals surface area contributed by atoms with Gasteiger partial charge in [0.25, 0.3) is 0 Å². The van der Waals surface area contributed by atoms with E-state index in [-0.39, 0.29) is 18.1 Å². The molecule has 5 aromatic rings. The molecular formula is C28H30N8OS2. The van der Waals surface area contributed by atoms with Crippen LogP contribution in [0.2, 0.25) is 0 Å². The highest BCUT2D eigenvalue weighted by Crippen LogP contribution is 2.32. The van der Waals surface area contributed by atoms with Crippen LogP contribution in [-0.2, 0) is 0 Å². The number of amides is 2. The second-order valence-corrected chi connectivity index (χ2v) is 11.0. The molecule has 9 nitrogen and oxygen atoms in total. The molecule has 0 bridgehead atoms. The summed E-state index contributed by atoms with van der Waals surface area (Å²) in [4.78, 5) is 29.4. The van der Waals surface area contributed by atoms with E-state index in [1.165, 1.54) is 11.9 Å². The number of carbonyl (C=O) groups is 1. The Labute approximate surface area is 236 Å². The molecule has 39 heavy (non-hydrogen) atoms. The van der Waals surface area contributed by atoms with E-state index in [1.54, 1.807) is 0 Å². The number of nitrogens with zero attached hydrogens (tertiary/aromatic N) is 2. The standard InChI is InChI=1S/C28H30N8OS2/c1-15(2)29-27(37)36-39-18-10-12-22-24(14-18)35-26(33-22)20-8-6-5-7-19(20)25-32-21-11-9-17(13-23(21)34-25)31-28(38)30-16(3)4/h5-16H,1-4H3,(H,32,34)(H,33,35)(H2,29,36,37)(H2,30,31,38). The van der Waals surface area contributed by atoms with Crippen LogP contribution in [0.4, 0.5) is 10.5 Å². The first-order valence-corrected chi connectivity index (χ1v) is 13.9. The highest BCUT2D eigenvalue weighted by atomic mass is 32.2. The molecule has 0 fully saturated rings. The number of fused-ring (bicyclic) bond motifs is 2. The van der Waals surface area contributed by atoms with Gasteiger partial charge in [0.1, 0.15) is 11.6 Å². The van der Waals surface area contributed by atoms with E-state index in [2.05, 4.69) is 30.6 Å². The van der Waals surface area contributed by atoms with Crippen LogP contribution in [-0.4, -0.2) is 43.2 Å². The SMILES string of the molecule is CC(C)NC(=O)NSc1ccc2nc(-c3ccccc3-c3nc4ccc(NC(=S)NC(C)C)cc4[nH]3)[nH]c2c1. The van der Waals surface area contributed by atoms with E-state index >= 15 is 0 Å². The molecule has 2 heterocycles. The second kappa shape index (κ2) is 11.3. The molecule has 0 aliphatic heterocycles. The van der Waals surface area contributed by atoms with Gasteiger partial charge in [0.15, 0.2) is 5.11 Å². The van der Waals surface area contributed by atoms with Gasteiger partial charge >= 0.3 is 6.03 Å². The predicted molar refractivity (Wildman–Crippen MR) is 164 cm³/mol. The molecule has 2 aromatic heterocycles. The fourth-order valence-corrected chi connectivity index (χ4v) is 5.05. The number of benzene rings is 3. The summed E-state index contributed by atoms with van der Waals surface area (Å²) in [5.41, 5.74) is 6.21. The summed E-state index contributed by atoms with van der Waals surface area (Å²) in [6, 6.07) is 19.9. The Hall–Kier alpha value is -4.09. The maximum Gasteiger partial charge on any atom is 0.325 e. The lowest BCUT2D eigenvalue weighted by atomic mass is 10.1. The van der Waals surface area contributed by atoms with Gasteiger partial charge in [-0.3, -0.25) is 4.72 Å². The summed E-state index contributed by atoms with van der Waals surface area (Å²) in [7, 11) is 0. The van der Waals surface area contributed by atoms with E-state index in [1.807, 2.05) is 88.4 Å². The van der Waals surface area contributed by atoms with Gasteiger partial charge < -0.3 is 25.9 Å². The van der Waals surface area contributed by atoms with Crippen LogP contribution in [0, 0.1) is 0 Å². The number of urea groups is 1. The summed E-state index contributed by atoms with van der Waals surface area (Å²) in [6.07, 6.45) is 0. The number of hydrogen-bond donors (Lipinski definition) is 6. The van der Waals surface area contributed by atoms with Crippen LogP contribution in [0.1, 0.15) is 27.7 Å². The third-order valence-corrected chi connectivity index (χ3v) is 6.73. The zero-order valence-corrected chi connectivity index (χ0v) is 23.7. The Kier molecular flexibility index (Phi) is 7.71. The second-order valence-electron chi connectivity index (χ2n) is 9.71. The zero-order valence-electron chi connectivity index (χ0n) is 22.0. The molecule has 200 valence electrons. The zero-order chi connectivity index (χ0) is 27.5. The lowest BCUT2D eigenvalue weighted by Crippen LogP contribution is -2.36. The van der Waals surface area contributed by atoms with Crippen LogP contribution >= 0.6 is 24.2 Å². The number of carbonyl (C=O) groups excluding carboxylic acids is 1. The molecule has 0 saturated heterocycles.